The fraction of sp³-hybridized carbons (Fsp3) is 0.667. The highest BCUT2D eigenvalue weighted by Crippen LogP contribution is 2.59. The summed E-state index contributed by atoms with van der Waals surface area (Å²) < 4.78 is 6.13. The molecule has 4 aliphatic rings. The fourth-order valence-corrected chi connectivity index (χ4v) is 6.10. The highest BCUT2D eigenvalue weighted by Gasteiger charge is 2.57. The second-order valence-electron chi connectivity index (χ2n) is 8.52. The van der Waals surface area contributed by atoms with E-state index < -0.39 is 0 Å². The van der Waals surface area contributed by atoms with Crippen LogP contribution in [0.15, 0.2) is 18.2 Å². The van der Waals surface area contributed by atoms with Crippen molar-refractivity contribution in [3.63, 3.8) is 0 Å². The van der Waals surface area contributed by atoms with E-state index in [9.17, 15) is 4.79 Å². The molecule has 4 aliphatic carbocycles. The Bertz CT molecular complexity index is 603. The minimum atomic E-state index is -0.137. The average molecular weight is 327 g/mol. The Morgan fingerprint density at radius 2 is 1.58 bits per heavy atom. The van der Waals surface area contributed by atoms with E-state index in [1.54, 1.807) is 0 Å². The topological polar surface area (TPSA) is 38.3 Å². The van der Waals surface area contributed by atoms with E-state index in [0.717, 1.165) is 28.5 Å². The largest absolute Gasteiger partial charge is 0.376 e. The molecule has 1 aromatic rings. The van der Waals surface area contributed by atoms with Crippen LogP contribution in [0, 0.1) is 37.5 Å². The van der Waals surface area contributed by atoms with Crippen LogP contribution in [0.3, 0.4) is 0 Å². The molecule has 4 fully saturated rings. The third-order valence-electron chi connectivity index (χ3n) is 6.91. The minimum absolute atomic E-state index is 0.0343. The number of ether oxygens (including phenoxy) is 1. The first-order valence-electron chi connectivity index (χ1n) is 9.42. The molecule has 4 bridgehead atoms. The smallest absolute Gasteiger partial charge is 0.251 e. The standard InChI is InChI=1S/C21H29NO2/c1-13-4-14(2)6-17(5-13)20(23)22-12-21(24-3)18-8-15-7-16(10-18)11-19(21)9-15/h4-6,15-16,18-19H,7-12H2,1-3H3,(H,22,23). The van der Waals surface area contributed by atoms with Gasteiger partial charge >= 0.3 is 0 Å². The van der Waals surface area contributed by atoms with Crippen molar-refractivity contribution in [1.29, 1.82) is 0 Å². The van der Waals surface area contributed by atoms with Crippen molar-refractivity contribution >= 4 is 5.91 Å². The molecule has 24 heavy (non-hydrogen) atoms. The lowest BCUT2D eigenvalue weighted by molar-refractivity contribution is -0.186. The van der Waals surface area contributed by atoms with Gasteiger partial charge in [0, 0.05) is 19.2 Å². The Morgan fingerprint density at radius 3 is 2.08 bits per heavy atom. The molecule has 1 aromatic carbocycles. The molecule has 0 heterocycles. The first-order valence-corrected chi connectivity index (χ1v) is 9.42. The highest BCUT2D eigenvalue weighted by atomic mass is 16.5. The van der Waals surface area contributed by atoms with Gasteiger partial charge in [0.15, 0.2) is 0 Å². The number of aryl methyl sites for hydroxylation is 2. The summed E-state index contributed by atoms with van der Waals surface area (Å²) in [4.78, 5) is 12.7. The zero-order valence-corrected chi connectivity index (χ0v) is 15.1. The normalized spacial score (nSPS) is 36.8. The molecule has 5 rings (SSSR count). The Balaban J connectivity index is 1.50. The molecule has 0 saturated heterocycles. The van der Waals surface area contributed by atoms with E-state index in [0.29, 0.717) is 18.4 Å². The number of benzene rings is 1. The van der Waals surface area contributed by atoms with Crippen LogP contribution < -0.4 is 5.32 Å². The van der Waals surface area contributed by atoms with Crippen molar-refractivity contribution in [2.45, 2.75) is 51.6 Å². The van der Waals surface area contributed by atoms with Crippen molar-refractivity contribution in [2.24, 2.45) is 23.7 Å². The molecular weight excluding hydrogens is 298 g/mol. The van der Waals surface area contributed by atoms with Crippen molar-refractivity contribution in [1.82, 2.24) is 5.32 Å². The minimum Gasteiger partial charge on any atom is -0.376 e. The predicted octanol–water partition coefficient (Wildman–Crippen LogP) is 3.87. The van der Waals surface area contributed by atoms with Gasteiger partial charge in [-0.2, -0.15) is 0 Å². The quantitative estimate of drug-likeness (QED) is 0.911. The second kappa shape index (κ2) is 5.87. The van der Waals surface area contributed by atoms with Gasteiger partial charge in [0.25, 0.3) is 5.91 Å². The summed E-state index contributed by atoms with van der Waals surface area (Å²) in [6.07, 6.45) is 6.60. The van der Waals surface area contributed by atoms with Crippen LogP contribution in [0.1, 0.15) is 53.6 Å². The van der Waals surface area contributed by atoms with Gasteiger partial charge in [-0.15, -0.1) is 0 Å². The first kappa shape index (κ1) is 16.1. The molecule has 1 amide bonds. The van der Waals surface area contributed by atoms with Crippen LogP contribution in [-0.4, -0.2) is 25.2 Å². The lowest BCUT2D eigenvalue weighted by atomic mass is 9.49. The number of carbonyl (C=O) groups is 1. The van der Waals surface area contributed by atoms with Crippen molar-refractivity contribution in [2.75, 3.05) is 13.7 Å². The van der Waals surface area contributed by atoms with E-state index in [4.69, 9.17) is 4.74 Å². The van der Waals surface area contributed by atoms with Crippen molar-refractivity contribution in [3.05, 3.63) is 34.9 Å². The molecule has 0 radical (unpaired) electrons. The number of nitrogens with one attached hydrogen (secondary N) is 1. The summed E-state index contributed by atoms with van der Waals surface area (Å²) in [7, 11) is 1.85. The average Bonchev–Trinajstić information content (AvgIpc) is 2.53. The van der Waals surface area contributed by atoms with E-state index in [2.05, 4.69) is 11.4 Å². The van der Waals surface area contributed by atoms with Gasteiger partial charge in [-0.25, -0.2) is 0 Å². The van der Waals surface area contributed by atoms with Crippen LogP contribution >= 0.6 is 0 Å². The number of rotatable bonds is 4. The van der Waals surface area contributed by atoms with Crippen LogP contribution in [0.4, 0.5) is 0 Å². The summed E-state index contributed by atoms with van der Waals surface area (Å²) >= 11 is 0. The highest BCUT2D eigenvalue weighted by molar-refractivity contribution is 5.94. The number of amides is 1. The third kappa shape index (κ3) is 2.57. The first-order chi connectivity index (χ1) is 11.5. The summed E-state index contributed by atoms with van der Waals surface area (Å²) in [6, 6.07) is 6.04. The fourth-order valence-electron chi connectivity index (χ4n) is 6.10. The van der Waals surface area contributed by atoms with E-state index in [1.165, 1.54) is 32.1 Å². The molecule has 0 aromatic heterocycles. The molecule has 1 N–H and O–H groups in total. The van der Waals surface area contributed by atoms with Gasteiger partial charge in [-0.1, -0.05) is 17.2 Å². The van der Waals surface area contributed by atoms with Crippen LogP contribution in [-0.2, 0) is 4.74 Å². The van der Waals surface area contributed by atoms with E-state index in [1.807, 2.05) is 33.1 Å². The van der Waals surface area contributed by atoms with E-state index >= 15 is 0 Å². The molecule has 0 unspecified atom stereocenters. The summed E-state index contributed by atoms with van der Waals surface area (Å²) in [5.74, 6) is 3.10. The molecule has 3 nitrogen and oxygen atoms in total. The lowest BCUT2D eigenvalue weighted by Gasteiger charge is -2.60. The Morgan fingerprint density at radius 1 is 1.04 bits per heavy atom. The van der Waals surface area contributed by atoms with Crippen LogP contribution in [0.25, 0.3) is 0 Å². The van der Waals surface area contributed by atoms with E-state index in [-0.39, 0.29) is 11.5 Å². The second-order valence-corrected chi connectivity index (χ2v) is 8.52. The Hall–Kier alpha value is -1.35. The third-order valence-corrected chi connectivity index (χ3v) is 6.91. The Kier molecular flexibility index (Phi) is 3.95. The number of hydrogen-bond acceptors (Lipinski definition) is 2. The van der Waals surface area contributed by atoms with Gasteiger partial charge in [-0.3, -0.25) is 4.79 Å². The van der Waals surface area contributed by atoms with Gasteiger partial charge in [0.2, 0.25) is 0 Å². The zero-order valence-electron chi connectivity index (χ0n) is 15.1. The molecule has 0 spiro atoms. The number of carbonyl (C=O) groups excluding carboxylic acids is 1. The van der Waals surface area contributed by atoms with Gasteiger partial charge < -0.3 is 10.1 Å². The number of hydrogen-bond donors (Lipinski definition) is 1. The summed E-state index contributed by atoms with van der Waals surface area (Å²) in [6.45, 7) is 4.74. The summed E-state index contributed by atoms with van der Waals surface area (Å²) in [5.41, 5.74) is 2.90. The van der Waals surface area contributed by atoms with Crippen LogP contribution in [0.2, 0.25) is 0 Å². The SMILES string of the molecule is COC1(CNC(=O)c2cc(C)cc(C)c2)C2CC3CC(C2)CC1C3. The van der Waals surface area contributed by atoms with Gasteiger partial charge in [0.1, 0.15) is 0 Å². The maximum atomic E-state index is 12.7. The molecule has 0 aliphatic heterocycles. The summed E-state index contributed by atoms with van der Waals surface area (Å²) in [5, 5.41) is 3.21. The molecule has 130 valence electrons. The monoisotopic (exact) mass is 327 g/mol. The Labute approximate surface area is 145 Å². The molecule has 0 atom stereocenters. The van der Waals surface area contributed by atoms with Gasteiger partial charge in [0.05, 0.1) is 5.60 Å². The lowest BCUT2D eigenvalue weighted by Crippen LogP contribution is -2.63. The molecular formula is C21H29NO2. The predicted molar refractivity (Wildman–Crippen MR) is 95.0 cm³/mol. The maximum absolute atomic E-state index is 12.7. The van der Waals surface area contributed by atoms with Gasteiger partial charge in [-0.05, 0) is 81.8 Å². The van der Waals surface area contributed by atoms with Crippen molar-refractivity contribution in [3.8, 4) is 0 Å². The molecule has 3 heteroatoms. The number of methoxy groups -OCH3 is 1. The maximum Gasteiger partial charge on any atom is 0.251 e. The van der Waals surface area contributed by atoms with Crippen molar-refractivity contribution < 1.29 is 9.53 Å². The zero-order chi connectivity index (χ0) is 16.9. The van der Waals surface area contributed by atoms with Crippen LogP contribution in [0.5, 0.6) is 0 Å². The molecule has 4 saturated carbocycles.